The Hall–Kier alpha value is -2.24. The van der Waals surface area contributed by atoms with Crippen LogP contribution in [0.5, 0.6) is 5.75 Å². The third-order valence-electron chi connectivity index (χ3n) is 7.91. The number of aliphatic hydroxyl groups excluding tert-OH is 1. The van der Waals surface area contributed by atoms with Gasteiger partial charge in [-0.05, 0) is 41.7 Å². The predicted octanol–water partition coefficient (Wildman–Crippen LogP) is 3.90. The molecule has 234 valence electrons. The summed E-state index contributed by atoms with van der Waals surface area (Å²) in [6.07, 6.45) is 1.94. The lowest BCUT2D eigenvalue weighted by molar-refractivity contribution is -0.0783. The summed E-state index contributed by atoms with van der Waals surface area (Å²) < 4.78 is 35.0. The molecule has 0 bridgehead atoms. The molecule has 1 fully saturated rings. The number of anilines is 1. The van der Waals surface area contributed by atoms with Crippen LogP contribution in [0.4, 0.5) is 5.69 Å². The molecule has 2 aliphatic heterocycles. The zero-order valence-electron chi connectivity index (χ0n) is 25.6. The molecule has 2 aromatic rings. The van der Waals surface area contributed by atoms with Crippen molar-refractivity contribution in [2.75, 3.05) is 78.3 Å². The van der Waals surface area contributed by atoms with Crippen LogP contribution in [0, 0.1) is 0 Å². The van der Waals surface area contributed by atoms with E-state index in [9.17, 15) is 5.11 Å². The van der Waals surface area contributed by atoms with E-state index in [0.717, 1.165) is 68.1 Å². The molecule has 0 spiro atoms. The van der Waals surface area contributed by atoms with Gasteiger partial charge in [-0.2, -0.15) is 0 Å². The summed E-state index contributed by atoms with van der Waals surface area (Å²) >= 11 is 0. The topological polar surface area (TPSA) is 90.9 Å². The van der Waals surface area contributed by atoms with Crippen LogP contribution in [0.1, 0.15) is 48.8 Å². The quantitative estimate of drug-likeness (QED) is 0.253. The number of fused-ring (bicyclic) bond motifs is 1. The molecule has 0 unspecified atom stereocenters. The zero-order valence-corrected chi connectivity index (χ0v) is 25.6. The maximum Gasteiger partial charge on any atom is 0.142 e. The van der Waals surface area contributed by atoms with Crippen molar-refractivity contribution in [2.24, 2.45) is 0 Å². The Morgan fingerprint density at radius 2 is 1.71 bits per heavy atom. The Bertz CT molecular complexity index is 1040. The van der Waals surface area contributed by atoms with Gasteiger partial charge in [0.25, 0.3) is 0 Å². The van der Waals surface area contributed by atoms with E-state index in [1.165, 1.54) is 5.56 Å². The molecule has 0 saturated carbocycles. The number of rotatable bonds is 18. The minimum absolute atomic E-state index is 0.0232. The molecule has 9 heteroatoms. The summed E-state index contributed by atoms with van der Waals surface area (Å²) in [5.41, 5.74) is 4.51. The summed E-state index contributed by atoms with van der Waals surface area (Å²) in [7, 11) is 3.42. The van der Waals surface area contributed by atoms with E-state index in [4.69, 9.17) is 28.4 Å². The van der Waals surface area contributed by atoms with Crippen LogP contribution in [0.3, 0.4) is 0 Å². The highest BCUT2D eigenvalue weighted by molar-refractivity contribution is 5.61. The summed E-state index contributed by atoms with van der Waals surface area (Å²) in [6, 6.07) is 14.9. The lowest BCUT2D eigenvalue weighted by Gasteiger charge is -2.39. The second-order valence-electron chi connectivity index (χ2n) is 11.1. The molecule has 2 aromatic carbocycles. The molecular weight excluding hydrogens is 536 g/mol. The van der Waals surface area contributed by atoms with Crippen molar-refractivity contribution in [1.29, 1.82) is 0 Å². The smallest absolute Gasteiger partial charge is 0.142 e. The number of nitrogens with one attached hydrogen (secondary N) is 1. The maximum atomic E-state index is 10.4. The van der Waals surface area contributed by atoms with Gasteiger partial charge in [0.15, 0.2) is 0 Å². The minimum Gasteiger partial charge on any atom is -0.490 e. The number of ether oxygens (including phenoxy) is 6. The standard InChI is InChI=1S/C33H50N2O7/c1-4-6-28(36)24-42-32-21-34-20-31(33(32)27-10-7-25(8-11-27)22-39-18-17-38-3)41-23-26-9-12-30-29(19-26)35(14-16-40-30)13-5-15-37-2/h7-12,19,28,31-34,36H,4-6,13-18,20-24H2,1-3H3/t28-,31-,32+,33+/m0/s1. The normalized spacial score (nSPS) is 21.1. The molecule has 4 rings (SSSR count). The van der Waals surface area contributed by atoms with Crippen molar-refractivity contribution in [3.8, 4) is 5.75 Å². The first-order valence-electron chi connectivity index (χ1n) is 15.4. The molecule has 0 radical (unpaired) electrons. The van der Waals surface area contributed by atoms with E-state index < -0.39 is 6.10 Å². The lowest BCUT2D eigenvalue weighted by Crippen LogP contribution is -2.51. The summed E-state index contributed by atoms with van der Waals surface area (Å²) in [4.78, 5) is 2.37. The van der Waals surface area contributed by atoms with Crippen LogP contribution in [-0.2, 0) is 36.9 Å². The van der Waals surface area contributed by atoms with Gasteiger partial charge in [-0.3, -0.25) is 0 Å². The molecule has 2 heterocycles. The average molecular weight is 587 g/mol. The first-order chi connectivity index (χ1) is 20.6. The summed E-state index contributed by atoms with van der Waals surface area (Å²) in [6.45, 7) is 9.23. The Balaban J connectivity index is 1.46. The maximum absolute atomic E-state index is 10.4. The molecule has 0 amide bonds. The van der Waals surface area contributed by atoms with Crippen LogP contribution >= 0.6 is 0 Å². The largest absolute Gasteiger partial charge is 0.490 e. The first kappa shape index (κ1) is 32.7. The van der Waals surface area contributed by atoms with Gasteiger partial charge in [0.05, 0.1) is 63.6 Å². The fraction of sp³-hybridized carbons (Fsp3) is 0.636. The second-order valence-corrected chi connectivity index (χ2v) is 11.1. The van der Waals surface area contributed by atoms with Gasteiger partial charge >= 0.3 is 0 Å². The zero-order chi connectivity index (χ0) is 29.6. The third kappa shape index (κ3) is 9.64. The highest BCUT2D eigenvalue weighted by Crippen LogP contribution is 2.35. The number of hydrogen-bond donors (Lipinski definition) is 2. The molecule has 42 heavy (non-hydrogen) atoms. The SMILES string of the molecule is CCC[C@H](O)CO[C@@H]1CNC[C@H](OCc2ccc3c(c2)N(CCCOC)CCO3)[C@H]1c1ccc(COCCOC)cc1. The van der Waals surface area contributed by atoms with E-state index in [1.807, 2.05) is 0 Å². The molecule has 2 aliphatic rings. The number of nitrogens with zero attached hydrogens (tertiary/aromatic N) is 1. The first-order valence-corrected chi connectivity index (χ1v) is 15.4. The Kier molecular flexibility index (Phi) is 13.8. The van der Waals surface area contributed by atoms with Gasteiger partial charge in [0.1, 0.15) is 12.4 Å². The number of aliphatic hydroxyl groups is 1. The van der Waals surface area contributed by atoms with Crippen molar-refractivity contribution in [3.63, 3.8) is 0 Å². The van der Waals surface area contributed by atoms with Crippen molar-refractivity contribution in [1.82, 2.24) is 5.32 Å². The van der Waals surface area contributed by atoms with Crippen molar-refractivity contribution >= 4 is 5.69 Å². The predicted molar refractivity (Wildman–Crippen MR) is 163 cm³/mol. The van der Waals surface area contributed by atoms with Crippen molar-refractivity contribution in [3.05, 3.63) is 59.2 Å². The molecule has 0 aromatic heterocycles. The fourth-order valence-electron chi connectivity index (χ4n) is 5.68. The Morgan fingerprint density at radius 3 is 2.48 bits per heavy atom. The second kappa shape index (κ2) is 17.8. The van der Waals surface area contributed by atoms with Crippen LogP contribution in [-0.4, -0.2) is 96.9 Å². The van der Waals surface area contributed by atoms with E-state index in [2.05, 4.69) is 59.6 Å². The Labute approximate surface area is 251 Å². The van der Waals surface area contributed by atoms with Crippen molar-refractivity contribution in [2.45, 2.75) is 63.6 Å². The van der Waals surface area contributed by atoms with E-state index in [0.29, 0.717) is 46.2 Å². The molecule has 4 atom stereocenters. The molecule has 1 saturated heterocycles. The molecular formula is C33H50N2O7. The van der Waals surface area contributed by atoms with Crippen LogP contribution in [0.25, 0.3) is 0 Å². The van der Waals surface area contributed by atoms with Crippen LogP contribution in [0.15, 0.2) is 42.5 Å². The summed E-state index contributed by atoms with van der Waals surface area (Å²) in [5, 5.41) is 13.9. The van der Waals surface area contributed by atoms with Crippen molar-refractivity contribution < 1.29 is 33.5 Å². The molecule has 0 aliphatic carbocycles. The number of hydrogen-bond acceptors (Lipinski definition) is 9. The lowest BCUT2D eigenvalue weighted by atomic mass is 9.85. The third-order valence-corrected chi connectivity index (χ3v) is 7.91. The van der Waals surface area contributed by atoms with Crippen LogP contribution in [0.2, 0.25) is 0 Å². The highest BCUT2D eigenvalue weighted by atomic mass is 16.5. The molecule has 9 nitrogen and oxygen atoms in total. The number of methoxy groups -OCH3 is 2. The number of benzene rings is 2. The number of piperidine rings is 1. The van der Waals surface area contributed by atoms with Gasteiger partial charge in [0, 0.05) is 46.4 Å². The summed E-state index contributed by atoms with van der Waals surface area (Å²) in [5.74, 6) is 0.944. The van der Waals surface area contributed by atoms with Gasteiger partial charge in [-0.25, -0.2) is 0 Å². The van der Waals surface area contributed by atoms with E-state index in [1.54, 1.807) is 14.2 Å². The van der Waals surface area contributed by atoms with E-state index in [-0.39, 0.29) is 18.1 Å². The monoisotopic (exact) mass is 586 g/mol. The van der Waals surface area contributed by atoms with Gasteiger partial charge in [0.2, 0.25) is 0 Å². The average Bonchev–Trinajstić information content (AvgIpc) is 3.02. The minimum atomic E-state index is -0.465. The highest BCUT2D eigenvalue weighted by Gasteiger charge is 2.36. The van der Waals surface area contributed by atoms with Gasteiger partial charge in [-0.15, -0.1) is 0 Å². The van der Waals surface area contributed by atoms with Crippen LogP contribution < -0.4 is 15.0 Å². The van der Waals surface area contributed by atoms with Gasteiger partial charge < -0.3 is 43.7 Å². The Morgan fingerprint density at radius 1 is 0.952 bits per heavy atom. The fourth-order valence-corrected chi connectivity index (χ4v) is 5.68. The molecule has 2 N–H and O–H groups in total. The van der Waals surface area contributed by atoms with E-state index >= 15 is 0 Å². The van der Waals surface area contributed by atoms with Gasteiger partial charge in [-0.1, -0.05) is 43.7 Å².